The second kappa shape index (κ2) is 7.41. The van der Waals surface area contributed by atoms with Crippen LogP contribution in [-0.2, 0) is 0 Å². The first-order valence-corrected chi connectivity index (χ1v) is 8.71. The molecule has 27 heavy (non-hydrogen) atoms. The van der Waals surface area contributed by atoms with E-state index in [4.69, 9.17) is 0 Å². The molecule has 2 N–H and O–H groups in total. The minimum Gasteiger partial charge on any atom is -0.339 e. The molecule has 2 aromatic carbocycles. The smallest absolute Gasteiger partial charge is 0.321 e. The molecule has 0 spiro atoms. The zero-order valence-electron chi connectivity index (χ0n) is 14.5. The van der Waals surface area contributed by atoms with Gasteiger partial charge in [0.15, 0.2) is 5.82 Å². The molecule has 1 aromatic heterocycles. The van der Waals surface area contributed by atoms with E-state index in [9.17, 15) is 9.18 Å². The zero-order valence-corrected chi connectivity index (χ0v) is 14.5. The first kappa shape index (κ1) is 17.0. The highest BCUT2D eigenvalue weighted by atomic mass is 19.1. The molecule has 1 fully saturated rings. The van der Waals surface area contributed by atoms with Crippen molar-refractivity contribution in [3.63, 3.8) is 0 Å². The van der Waals surface area contributed by atoms with Crippen molar-refractivity contribution < 1.29 is 9.18 Å². The number of carbonyl (C=O) groups excluding carboxylic acids is 1. The van der Waals surface area contributed by atoms with E-state index in [0.717, 1.165) is 23.4 Å². The maximum atomic E-state index is 13.0. The fourth-order valence-electron chi connectivity index (χ4n) is 2.95. The van der Waals surface area contributed by atoms with E-state index >= 15 is 0 Å². The Balaban J connectivity index is 1.50. The van der Waals surface area contributed by atoms with Gasteiger partial charge in [-0.1, -0.05) is 6.07 Å². The van der Waals surface area contributed by atoms with Gasteiger partial charge in [-0.15, -0.1) is 10.2 Å². The van der Waals surface area contributed by atoms with E-state index in [1.807, 2.05) is 36.4 Å². The Morgan fingerprint density at radius 3 is 2.63 bits per heavy atom. The number of hydrogen-bond donors (Lipinski definition) is 2. The molecular weight excluding hydrogens is 345 g/mol. The van der Waals surface area contributed by atoms with Crippen molar-refractivity contribution in [1.82, 2.24) is 15.5 Å². The van der Waals surface area contributed by atoms with Crippen LogP contribution < -0.4 is 15.5 Å². The topological polar surface area (TPSA) is 70.2 Å². The van der Waals surface area contributed by atoms with E-state index < -0.39 is 0 Å². The van der Waals surface area contributed by atoms with E-state index in [0.29, 0.717) is 24.6 Å². The van der Waals surface area contributed by atoms with Gasteiger partial charge in [-0.25, -0.2) is 9.18 Å². The molecule has 7 heteroatoms. The molecule has 0 atom stereocenters. The highest BCUT2D eigenvalue weighted by molar-refractivity contribution is 5.93. The minimum atomic E-state index is -0.285. The van der Waals surface area contributed by atoms with Crippen LogP contribution in [0.25, 0.3) is 11.3 Å². The number of halogens is 1. The second-order valence-electron chi connectivity index (χ2n) is 6.22. The van der Waals surface area contributed by atoms with Gasteiger partial charge in [-0.3, -0.25) is 4.90 Å². The summed E-state index contributed by atoms with van der Waals surface area (Å²) in [5.74, 6) is 0.299. The Bertz CT molecular complexity index is 943. The average Bonchev–Trinajstić information content (AvgIpc) is 2.70. The molecule has 2 amide bonds. The lowest BCUT2D eigenvalue weighted by atomic mass is 10.1. The maximum Gasteiger partial charge on any atom is 0.321 e. The van der Waals surface area contributed by atoms with Crippen LogP contribution in [0, 0.1) is 5.82 Å². The molecule has 3 aromatic rings. The number of hydrogen-bond acceptors (Lipinski definition) is 4. The Hall–Kier alpha value is -3.48. The summed E-state index contributed by atoms with van der Waals surface area (Å²) in [4.78, 5) is 13.7. The molecule has 0 unspecified atom stereocenters. The van der Waals surface area contributed by atoms with Crippen molar-refractivity contribution in [3.8, 4) is 11.3 Å². The number of carbonyl (C=O) groups is 1. The van der Waals surface area contributed by atoms with Crippen LogP contribution >= 0.6 is 0 Å². The summed E-state index contributed by atoms with van der Waals surface area (Å²) in [5, 5.41) is 14.4. The monoisotopic (exact) mass is 363 g/mol. The minimum absolute atomic E-state index is 0.0816. The van der Waals surface area contributed by atoms with Crippen molar-refractivity contribution in [2.75, 3.05) is 23.3 Å². The van der Waals surface area contributed by atoms with Crippen molar-refractivity contribution >= 4 is 23.2 Å². The molecule has 0 aliphatic carbocycles. The van der Waals surface area contributed by atoms with Crippen LogP contribution in [0.15, 0.2) is 60.7 Å². The van der Waals surface area contributed by atoms with Gasteiger partial charge in [-0.2, -0.15) is 0 Å². The Labute approximate surface area is 156 Å². The average molecular weight is 363 g/mol. The first-order valence-electron chi connectivity index (χ1n) is 8.71. The SMILES string of the molecule is O=C1NCCCN1c1cccc(Nc2ccc(-c3ccc(F)cc3)nn2)c1. The molecule has 2 heterocycles. The van der Waals surface area contributed by atoms with Crippen LogP contribution in [0.5, 0.6) is 0 Å². The fourth-order valence-corrected chi connectivity index (χ4v) is 2.95. The van der Waals surface area contributed by atoms with Crippen molar-refractivity contribution in [3.05, 3.63) is 66.5 Å². The first-order chi connectivity index (χ1) is 13.2. The second-order valence-corrected chi connectivity index (χ2v) is 6.22. The van der Waals surface area contributed by atoms with Crippen molar-refractivity contribution in [2.24, 2.45) is 0 Å². The van der Waals surface area contributed by atoms with Crippen molar-refractivity contribution in [1.29, 1.82) is 0 Å². The number of amides is 2. The van der Waals surface area contributed by atoms with E-state index in [1.54, 1.807) is 17.0 Å². The highest BCUT2D eigenvalue weighted by Crippen LogP contribution is 2.24. The number of aromatic nitrogens is 2. The molecule has 1 saturated heterocycles. The summed E-state index contributed by atoms with van der Waals surface area (Å²) in [6.45, 7) is 1.41. The highest BCUT2D eigenvalue weighted by Gasteiger charge is 2.19. The van der Waals surface area contributed by atoms with Crippen LogP contribution in [-0.4, -0.2) is 29.3 Å². The Morgan fingerprint density at radius 1 is 1.04 bits per heavy atom. The van der Waals surface area contributed by atoms with Gasteiger partial charge in [-0.05, 0) is 61.0 Å². The lowest BCUT2D eigenvalue weighted by molar-refractivity contribution is 0.243. The lowest BCUT2D eigenvalue weighted by Crippen LogP contribution is -2.46. The number of nitrogens with one attached hydrogen (secondary N) is 2. The largest absolute Gasteiger partial charge is 0.339 e. The Kier molecular flexibility index (Phi) is 4.65. The summed E-state index contributed by atoms with van der Waals surface area (Å²) in [5.41, 5.74) is 3.11. The van der Waals surface area contributed by atoms with Gasteiger partial charge in [0.1, 0.15) is 5.82 Å². The van der Waals surface area contributed by atoms with Gasteiger partial charge < -0.3 is 10.6 Å². The normalized spacial score (nSPS) is 14.0. The predicted octanol–water partition coefficient (Wildman–Crippen LogP) is 3.95. The van der Waals surface area contributed by atoms with E-state index in [-0.39, 0.29) is 11.8 Å². The quantitative estimate of drug-likeness (QED) is 0.736. The van der Waals surface area contributed by atoms with Gasteiger partial charge in [0.2, 0.25) is 0 Å². The number of rotatable bonds is 4. The third-order valence-electron chi connectivity index (χ3n) is 4.31. The molecule has 1 aliphatic heterocycles. The molecule has 1 aliphatic rings. The number of anilines is 3. The van der Waals surface area contributed by atoms with Gasteiger partial charge in [0.25, 0.3) is 0 Å². The third-order valence-corrected chi connectivity index (χ3v) is 4.31. The van der Waals surface area contributed by atoms with Gasteiger partial charge >= 0.3 is 6.03 Å². The van der Waals surface area contributed by atoms with Gasteiger partial charge in [0, 0.05) is 30.0 Å². The predicted molar refractivity (Wildman–Crippen MR) is 103 cm³/mol. The number of nitrogens with zero attached hydrogens (tertiary/aromatic N) is 3. The summed E-state index contributed by atoms with van der Waals surface area (Å²) in [6, 6.07) is 17.3. The van der Waals surface area contributed by atoms with E-state index in [2.05, 4.69) is 20.8 Å². The van der Waals surface area contributed by atoms with Crippen LogP contribution in [0.1, 0.15) is 6.42 Å². The summed E-state index contributed by atoms with van der Waals surface area (Å²) in [6.07, 6.45) is 0.916. The molecule has 6 nitrogen and oxygen atoms in total. The zero-order chi connectivity index (χ0) is 18.6. The molecule has 4 rings (SSSR count). The molecule has 136 valence electrons. The lowest BCUT2D eigenvalue weighted by Gasteiger charge is -2.27. The standard InChI is InChI=1S/C20H18FN5O/c21-15-7-5-14(6-8-15)18-9-10-19(25-24-18)23-16-3-1-4-17(13-16)26-12-2-11-22-20(26)27/h1,3-10,13H,2,11-12H2,(H,22,27)(H,23,25). The Morgan fingerprint density at radius 2 is 1.89 bits per heavy atom. The van der Waals surface area contributed by atoms with E-state index in [1.165, 1.54) is 12.1 Å². The molecule has 0 radical (unpaired) electrons. The third kappa shape index (κ3) is 3.87. The fraction of sp³-hybridized carbons (Fsp3) is 0.150. The maximum absolute atomic E-state index is 13.0. The van der Waals surface area contributed by atoms with Crippen molar-refractivity contribution in [2.45, 2.75) is 6.42 Å². The summed E-state index contributed by atoms with van der Waals surface area (Å²) < 4.78 is 13.0. The molecule has 0 bridgehead atoms. The van der Waals surface area contributed by atoms with Crippen LogP contribution in [0.2, 0.25) is 0 Å². The molecule has 0 saturated carbocycles. The van der Waals surface area contributed by atoms with Crippen LogP contribution in [0.3, 0.4) is 0 Å². The number of urea groups is 1. The molecular formula is C20H18FN5O. The van der Waals surface area contributed by atoms with Gasteiger partial charge in [0.05, 0.1) is 5.69 Å². The van der Waals surface area contributed by atoms with Crippen LogP contribution in [0.4, 0.5) is 26.4 Å². The number of benzene rings is 2. The summed E-state index contributed by atoms with van der Waals surface area (Å²) in [7, 11) is 0. The summed E-state index contributed by atoms with van der Waals surface area (Å²) >= 11 is 0.